The largest absolute Gasteiger partial charge is 0.369 e. The van der Waals surface area contributed by atoms with Gasteiger partial charge in [0.1, 0.15) is 5.82 Å². The van der Waals surface area contributed by atoms with Gasteiger partial charge < -0.3 is 10.6 Å². The van der Waals surface area contributed by atoms with Crippen LogP contribution in [0.15, 0.2) is 24.3 Å². The molecule has 5 nitrogen and oxygen atoms in total. The van der Waals surface area contributed by atoms with Crippen molar-refractivity contribution in [1.82, 2.24) is 9.80 Å². The molecule has 1 aromatic rings. The highest BCUT2D eigenvalue weighted by Gasteiger charge is 2.54. The number of carbonyl (C=O) groups excluding carboxylic acids is 2. The van der Waals surface area contributed by atoms with Gasteiger partial charge in [-0.3, -0.25) is 14.5 Å². The molecule has 1 heterocycles. The number of hydrogen-bond donors (Lipinski definition) is 1. The molecule has 6 heteroatoms. The van der Waals surface area contributed by atoms with E-state index in [9.17, 15) is 14.0 Å². The maximum absolute atomic E-state index is 13.8. The Kier molecular flexibility index (Phi) is 5.53. The van der Waals surface area contributed by atoms with Crippen LogP contribution in [0, 0.1) is 29.5 Å². The molecule has 0 aromatic heterocycles. The van der Waals surface area contributed by atoms with Crippen LogP contribution in [-0.4, -0.2) is 46.8 Å². The number of nitrogens with two attached hydrogens (primary N) is 1. The third kappa shape index (κ3) is 4.23. The standard InChI is InChI=1S/C25H34FN3O2/c26-22-5-3-17(4-6-22)14-29(23(30)16-28-7-1-2-21(15-28)24(27)31)25-11-18-8-19(12-25)10-20(9-18)13-25/h3-6,18-21H,1-2,7-16H2,(H2,27,31)/t18?,19?,20?,21-,25?/m0/s1. The number of nitrogens with zero attached hydrogens (tertiary/aromatic N) is 2. The van der Waals surface area contributed by atoms with E-state index in [0.717, 1.165) is 62.0 Å². The van der Waals surface area contributed by atoms with E-state index in [1.807, 2.05) is 0 Å². The predicted molar refractivity (Wildman–Crippen MR) is 116 cm³/mol. The van der Waals surface area contributed by atoms with Crippen LogP contribution in [0.3, 0.4) is 0 Å². The van der Waals surface area contributed by atoms with Crippen molar-refractivity contribution < 1.29 is 14.0 Å². The monoisotopic (exact) mass is 427 g/mol. The van der Waals surface area contributed by atoms with E-state index in [4.69, 9.17) is 5.73 Å². The van der Waals surface area contributed by atoms with Crippen molar-refractivity contribution in [3.8, 4) is 0 Å². The van der Waals surface area contributed by atoms with Crippen LogP contribution in [0.2, 0.25) is 0 Å². The molecule has 4 aliphatic carbocycles. The van der Waals surface area contributed by atoms with Crippen molar-refractivity contribution in [2.75, 3.05) is 19.6 Å². The van der Waals surface area contributed by atoms with Crippen molar-refractivity contribution in [2.45, 2.75) is 63.5 Å². The van der Waals surface area contributed by atoms with E-state index in [0.29, 0.717) is 19.6 Å². The summed E-state index contributed by atoms with van der Waals surface area (Å²) in [6.07, 6.45) is 9.00. The van der Waals surface area contributed by atoms with Crippen molar-refractivity contribution >= 4 is 11.8 Å². The van der Waals surface area contributed by atoms with Crippen LogP contribution < -0.4 is 5.73 Å². The molecule has 1 atom stereocenters. The number of likely N-dealkylation sites (tertiary alicyclic amines) is 1. The summed E-state index contributed by atoms with van der Waals surface area (Å²) in [4.78, 5) is 29.7. The first kappa shape index (κ1) is 20.9. The van der Waals surface area contributed by atoms with Crippen LogP contribution in [0.1, 0.15) is 56.9 Å². The van der Waals surface area contributed by atoms with E-state index < -0.39 is 0 Å². The Morgan fingerprint density at radius 1 is 1.06 bits per heavy atom. The third-order valence-corrected chi connectivity index (χ3v) is 8.40. The molecule has 168 valence electrons. The summed E-state index contributed by atoms with van der Waals surface area (Å²) in [6, 6.07) is 6.58. The fourth-order valence-corrected chi connectivity index (χ4v) is 7.40. The van der Waals surface area contributed by atoms with Crippen LogP contribution in [0.5, 0.6) is 0 Å². The third-order valence-electron chi connectivity index (χ3n) is 8.40. The Morgan fingerprint density at radius 2 is 1.68 bits per heavy atom. The minimum Gasteiger partial charge on any atom is -0.369 e. The zero-order valence-corrected chi connectivity index (χ0v) is 18.3. The predicted octanol–water partition coefficient (Wildman–Crippen LogP) is 3.32. The SMILES string of the molecule is NC(=O)[C@H]1CCCN(CC(=O)N(Cc2ccc(F)cc2)C23CC4CC(CC(C4)C2)C3)C1. The molecule has 2 N–H and O–H groups in total. The lowest BCUT2D eigenvalue weighted by molar-refractivity contribution is -0.154. The Hall–Kier alpha value is -1.95. The maximum atomic E-state index is 13.8. The van der Waals surface area contributed by atoms with Crippen molar-refractivity contribution in [3.63, 3.8) is 0 Å². The normalized spacial score (nSPS) is 34.6. The lowest BCUT2D eigenvalue weighted by Crippen LogP contribution is -2.62. The topological polar surface area (TPSA) is 66.6 Å². The lowest BCUT2D eigenvalue weighted by atomic mass is 9.52. The molecule has 4 saturated carbocycles. The van der Waals surface area contributed by atoms with Gasteiger partial charge in [-0.05, 0) is 93.4 Å². The molecule has 4 bridgehead atoms. The van der Waals surface area contributed by atoms with E-state index >= 15 is 0 Å². The van der Waals surface area contributed by atoms with E-state index in [1.165, 1.54) is 31.4 Å². The number of piperidine rings is 1. The molecule has 2 amide bonds. The number of rotatable bonds is 6. The molecule has 6 rings (SSSR count). The van der Waals surface area contributed by atoms with Gasteiger partial charge in [-0.25, -0.2) is 4.39 Å². The molecule has 0 radical (unpaired) electrons. The second kappa shape index (κ2) is 8.19. The maximum Gasteiger partial charge on any atom is 0.237 e. The summed E-state index contributed by atoms with van der Waals surface area (Å²) in [5.41, 5.74) is 6.47. The fourth-order valence-electron chi connectivity index (χ4n) is 7.40. The van der Waals surface area contributed by atoms with Gasteiger partial charge in [-0.15, -0.1) is 0 Å². The second-order valence-electron chi connectivity index (χ2n) is 10.7. The molecular weight excluding hydrogens is 393 g/mol. The summed E-state index contributed by atoms with van der Waals surface area (Å²) < 4.78 is 13.5. The zero-order chi connectivity index (χ0) is 21.6. The molecule has 1 aliphatic heterocycles. The van der Waals surface area contributed by atoms with Crippen LogP contribution in [0.25, 0.3) is 0 Å². The number of carbonyl (C=O) groups is 2. The van der Waals surface area contributed by atoms with Crippen LogP contribution in [0.4, 0.5) is 4.39 Å². The smallest absolute Gasteiger partial charge is 0.237 e. The molecule has 0 unspecified atom stereocenters. The van der Waals surface area contributed by atoms with E-state index in [2.05, 4.69) is 9.80 Å². The summed E-state index contributed by atoms with van der Waals surface area (Å²) >= 11 is 0. The summed E-state index contributed by atoms with van der Waals surface area (Å²) in [7, 11) is 0. The summed E-state index contributed by atoms with van der Waals surface area (Å²) in [5, 5.41) is 0. The van der Waals surface area contributed by atoms with Crippen molar-refractivity contribution in [1.29, 1.82) is 0 Å². The highest BCUT2D eigenvalue weighted by Crippen LogP contribution is 2.58. The van der Waals surface area contributed by atoms with E-state index in [-0.39, 0.29) is 29.1 Å². The van der Waals surface area contributed by atoms with Crippen molar-refractivity contribution in [3.05, 3.63) is 35.6 Å². The molecule has 0 spiro atoms. The number of halogens is 1. The van der Waals surface area contributed by atoms with Gasteiger partial charge >= 0.3 is 0 Å². The molecule has 1 saturated heterocycles. The Labute approximate surface area is 184 Å². The molecule has 5 fully saturated rings. The Morgan fingerprint density at radius 3 is 2.26 bits per heavy atom. The van der Waals surface area contributed by atoms with Gasteiger partial charge in [0.15, 0.2) is 0 Å². The molecule has 5 aliphatic rings. The molecule has 1 aromatic carbocycles. The van der Waals surface area contributed by atoms with Gasteiger partial charge in [-0.1, -0.05) is 12.1 Å². The minimum absolute atomic E-state index is 0.0565. The fraction of sp³-hybridized carbons (Fsp3) is 0.680. The van der Waals surface area contributed by atoms with Gasteiger partial charge in [0.05, 0.1) is 12.5 Å². The zero-order valence-electron chi connectivity index (χ0n) is 18.3. The van der Waals surface area contributed by atoms with Gasteiger partial charge in [0.2, 0.25) is 11.8 Å². The average molecular weight is 428 g/mol. The van der Waals surface area contributed by atoms with E-state index in [1.54, 1.807) is 12.1 Å². The van der Waals surface area contributed by atoms with Gasteiger partial charge in [0, 0.05) is 18.6 Å². The Balaban J connectivity index is 1.38. The average Bonchev–Trinajstić information content (AvgIpc) is 2.72. The van der Waals surface area contributed by atoms with Gasteiger partial charge in [0.25, 0.3) is 0 Å². The highest BCUT2D eigenvalue weighted by molar-refractivity contribution is 5.80. The van der Waals surface area contributed by atoms with Crippen molar-refractivity contribution in [2.24, 2.45) is 29.4 Å². The Bertz CT molecular complexity index is 804. The van der Waals surface area contributed by atoms with Gasteiger partial charge in [-0.2, -0.15) is 0 Å². The quantitative estimate of drug-likeness (QED) is 0.757. The molecular formula is C25H34FN3O2. The highest BCUT2D eigenvalue weighted by atomic mass is 19.1. The second-order valence-corrected chi connectivity index (χ2v) is 10.7. The summed E-state index contributed by atoms with van der Waals surface area (Å²) in [5.74, 6) is 1.70. The first-order chi connectivity index (χ1) is 14.9. The number of amides is 2. The first-order valence-electron chi connectivity index (χ1n) is 12.0. The number of primary amides is 1. The first-order valence-corrected chi connectivity index (χ1v) is 12.0. The lowest BCUT2D eigenvalue weighted by Gasteiger charge is -2.60. The summed E-state index contributed by atoms with van der Waals surface area (Å²) in [6.45, 7) is 2.29. The number of benzene rings is 1. The van der Waals surface area contributed by atoms with Crippen LogP contribution in [-0.2, 0) is 16.1 Å². The molecule has 31 heavy (non-hydrogen) atoms. The minimum atomic E-state index is -0.263. The number of hydrogen-bond acceptors (Lipinski definition) is 3. The van der Waals surface area contributed by atoms with Crippen LogP contribution >= 0.6 is 0 Å².